The van der Waals surface area contributed by atoms with Crippen LogP contribution in [0.15, 0.2) is 36.4 Å². The number of fused-ring (bicyclic) bond motifs is 2. The molecule has 2 aromatic carbocycles. The van der Waals surface area contributed by atoms with Crippen LogP contribution in [0, 0.1) is 0 Å². The molecule has 0 amide bonds. The Hall–Kier alpha value is -2.90. The van der Waals surface area contributed by atoms with Crippen molar-refractivity contribution < 1.29 is 23.8 Å². The van der Waals surface area contributed by atoms with Gasteiger partial charge in [-0.1, -0.05) is 0 Å². The van der Waals surface area contributed by atoms with E-state index in [0.29, 0.717) is 42.3 Å². The maximum Gasteiger partial charge on any atom is 0.338 e. The van der Waals surface area contributed by atoms with Crippen molar-refractivity contribution in [2.45, 2.75) is 19.3 Å². The molecule has 1 aliphatic heterocycles. The number of hydrogen-bond acceptors (Lipinski definition) is 7. The summed E-state index contributed by atoms with van der Waals surface area (Å²) in [5.74, 6) is 0.737. The highest BCUT2D eigenvalue weighted by Crippen LogP contribution is 2.37. The molecule has 172 valence electrons. The fourth-order valence-corrected chi connectivity index (χ4v) is 3.47. The lowest BCUT2D eigenvalue weighted by atomic mass is 9.97. The van der Waals surface area contributed by atoms with Gasteiger partial charge in [-0.05, 0) is 77.4 Å². The first-order chi connectivity index (χ1) is 15.3. The first kappa shape index (κ1) is 23.8. The predicted octanol–water partition coefficient (Wildman–Crippen LogP) is 3.60. The number of carbonyl (C=O) groups is 2. The van der Waals surface area contributed by atoms with Crippen molar-refractivity contribution in [1.82, 2.24) is 9.80 Å². The second kappa shape index (κ2) is 11.1. The Balaban J connectivity index is 1.62. The summed E-state index contributed by atoms with van der Waals surface area (Å²) in [6, 6.07) is 10.6. The molecule has 0 spiro atoms. The van der Waals surface area contributed by atoms with Crippen LogP contribution in [-0.4, -0.2) is 76.2 Å². The quantitative estimate of drug-likeness (QED) is 0.352. The lowest BCUT2D eigenvalue weighted by Gasteiger charge is -2.21. The molecule has 0 aromatic heterocycles. The fourth-order valence-electron chi connectivity index (χ4n) is 3.47. The second-order valence-electron chi connectivity index (χ2n) is 8.51. The van der Waals surface area contributed by atoms with Crippen molar-refractivity contribution in [2.24, 2.45) is 0 Å². The van der Waals surface area contributed by atoms with Crippen LogP contribution in [0.5, 0.6) is 11.5 Å². The van der Waals surface area contributed by atoms with Crippen molar-refractivity contribution >= 4 is 11.9 Å². The highest BCUT2D eigenvalue weighted by molar-refractivity contribution is 5.91. The summed E-state index contributed by atoms with van der Waals surface area (Å²) < 4.78 is 16.7. The molecule has 0 N–H and O–H groups in total. The molecule has 0 radical (unpaired) electrons. The Morgan fingerprint density at radius 2 is 1.22 bits per heavy atom. The summed E-state index contributed by atoms with van der Waals surface area (Å²) in [5, 5.41) is 0. The van der Waals surface area contributed by atoms with Crippen molar-refractivity contribution in [2.75, 3.05) is 54.5 Å². The summed E-state index contributed by atoms with van der Waals surface area (Å²) in [7, 11) is 7.94. The van der Waals surface area contributed by atoms with Crippen LogP contribution in [0.25, 0.3) is 0 Å². The lowest BCUT2D eigenvalue weighted by Crippen LogP contribution is -2.16. The third-order valence-electron chi connectivity index (χ3n) is 5.16. The predicted molar refractivity (Wildman–Crippen MR) is 123 cm³/mol. The molecule has 0 saturated heterocycles. The third kappa shape index (κ3) is 6.55. The number of hydrogen-bond donors (Lipinski definition) is 0. The Kier molecular flexibility index (Phi) is 8.25. The van der Waals surface area contributed by atoms with Gasteiger partial charge in [0.05, 0.1) is 24.3 Å². The topological polar surface area (TPSA) is 68.3 Å². The molecule has 32 heavy (non-hydrogen) atoms. The average Bonchev–Trinajstić information content (AvgIpc) is 2.76. The third-order valence-corrected chi connectivity index (χ3v) is 5.16. The van der Waals surface area contributed by atoms with E-state index < -0.39 is 0 Å². The van der Waals surface area contributed by atoms with Gasteiger partial charge in [-0.3, -0.25) is 0 Å². The van der Waals surface area contributed by atoms with Crippen LogP contribution in [0.2, 0.25) is 0 Å². The monoisotopic (exact) mass is 440 g/mol. The van der Waals surface area contributed by atoms with E-state index in [1.165, 1.54) is 0 Å². The molecule has 0 atom stereocenters. The number of benzene rings is 2. The van der Waals surface area contributed by atoms with Crippen molar-refractivity contribution in [3.63, 3.8) is 0 Å². The van der Waals surface area contributed by atoms with Gasteiger partial charge >= 0.3 is 11.9 Å². The minimum Gasteiger partial charge on any atom is -0.462 e. The summed E-state index contributed by atoms with van der Waals surface area (Å²) in [6.07, 6.45) is 2.14. The highest BCUT2D eigenvalue weighted by Gasteiger charge is 2.21. The van der Waals surface area contributed by atoms with Gasteiger partial charge in [0.1, 0.15) is 11.5 Å². The van der Waals surface area contributed by atoms with E-state index in [2.05, 4.69) is 9.80 Å². The van der Waals surface area contributed by atoms with E-state index in [1.54, 1.807) is 36.4 Å². The summed E-state index contributed by atoms with van der Waals surface area (Å²) >= 11 is 0. The standard InChI is InChI=1S/C25H32N2O5/c1-26(2)11-5-13-30-24(28)18-7-9-22-20(15-18)17-21-16-19(8-10-23(21)32-22)25(29)31-14-6-12-27(3)4/h7-10,15-16H,5-6,11-14,17H2,1-4H3. The molecule has 3 rings (SSSR count). The maximum atomic E-state index is 12.4. The zero-order valence-corrected chi connectivity index (χ0v) is 19.3. The van der Waals surface area contributed by atoms with Crippen LogP contribution in [-0.2, 0) is 15.9 Å². The minimum absolute atomic E-state index is 0.340. The first-order valence-corrected chi connectivity index (χ1v) is 10.9. The molecule has 2 aromatic rings. The van der Waals surface area contributed by atoms with Gasteiger partial charge in [-0.2, -0.15) is 0 Å². The van der Waals surface area contributed by atoms with Gasteiger partial charge in [-0.15, -0.1) is 0 Å². The van der Waals surface area contributed by atoms with Gasteiger partial charge in [0.25, 0.3) is 0 Å². The van der Waals surface area contributed by atoms with Gasteiger partial charge < -0.3 is 24.0 Å². The maximum absolute atomic E-state index is 12.4. The van der Waals surface area contributed by atoms with Crippen LogP contribution in [0.3, 0.4) is 0 Å². The molecule has 1 heterocycles. The molecule has 0 unspecified atom stereocenters. The number of nitrogens with zero attached hydrogens (tertiary/aromatic N) is 2. The van der Waals surface area contributed by atoms with E-state index in [0.717, 1.165) is 37.1 Å². The van der Waals surface area contributed by atoms with Crippen LogP contribution < -0.4 is 4.74 Å². The lowest BCUT2D eigenvalue weighted by molar-refractivity contribution is 0.0484. The number of carbonyl (C=O) groups excluding carboxylic acids is 2. The van der Waals surface area contributed by atoms with Crippen LogP contribution in [0.1, 0.15) is 44.7 Å². The molecule has 0 fully saturated rings. The van der Waals surface area contributed by atoms with Crippen molar-refractivity contribution in [3.8, 4) is 11.5 Å². The first-order valence-electron chi connectivity index (χ1n) is 10.9. The molecular weight excluding hydrogens is 408 g/mol. The highest BCUT2D eigenvalue weighted by atomic mass is 16.5. The van der Waals surface area contributed by atoms with E-state index in [1.807, 2.05) is 28.2 Å². The SMILES string of the molecule is CN(C)CCCOC(=O)c1ccc2c(c1)Cc1cc(C(=O)OCCCN(C)C)ccc1O2. The zero-order chi connectivity index (χ0) is 23.1. The molecule has 0 aliphatic carbocycles. The molecule has 0 saturated carbocycles. The minimum atomic E-state index is -0.340. The van der Waals surface area contributed by atoms with Crippen molar-refractivity contribution in [1.29, 1.82) is 0 Å². The van der Waals surface area contributed by atoms with Gasteiger partial charge in [0, 0.05) is 30.6 Å². The van der Waals surface area contributed by atoms with Crippen molar-refractivity contribution in [3.05, 3.63) is 58.7 Å². The average molecular weight is 441 g/mol. The molecule has 0 bridgehead atoms. The Labute approximate surface area is 189 Å². The summed E-state index contributed by atoms with van der Waals surface area (Å²) in [4.78, 5) is 28.9. The van der Waals surface area contributed by atoms with E-state index in [4.69, 9.17) is 14.2 Å². The molecule has 7 nitrogen and oxygen atoms in total. The number of ether oxygens (including phenoxy) is 3. The van der Waals surface area contributed by atoms with Crippen LogP contribution in [0.4, 0.5) is 0 Å². The van der Waals surface area contributed by atoms with Gasteiger partial charge in [-0.25, -0.2) is 9.59 Å². The number of rotatable bonds is 10. The Morgan fingerprint density at radius 1 is 0.781 bits per heavy atom. The summed E-state index contributed by atoms with van der Waals surface area (Å²) in [5.41, 5.74) is 2.77. The van der Waals surface area contributed by atoms with Crippen LogP contribution >= 0.6 is 0 Å². The van der Waals surface area contributed by atoms with Gasteiger partial charge in [0.15, 0.2) is 0 Å². The Morgan fingerprint density at radius 3 is 1.62 bits per heavy atom. The largest absolute Gasteiger partial charge is 0.462 e. The van der Waals surface area contributed by atoms with Gasteiger partial charge in [0.2, 0.25) is 0 Å². The molecule has 1 aliphatic rings. The fraction of sp³-hybridized carbons (Fsp3) is 0.440. The van der Waals surface area contributed by atoms with E-state index >= 15 is 0 Å². The molecular formula is C25H32N2O5. The zero-order valence-electron chi connectivity index (χ0n) is 19.3. The molecule has 7 heteroatoms. The smallest absolute Gasteiger partial charge is 0.338 e. The summed E-state index contributed by atoms with van der Waals surface area (Å²) in [6.45, 7) is 2.49. The van der Waals surface area contributed by atoms with E-state index in [9.17, 15) is 9.59 Å². The number of esters is 2. The normalized spacial score (nSPS) is 12.2. The van der Waals surface area contributed by atoms with E-state index in [-0.39, 0.29) is 11.9 Å². The Bertz CT molecular complexity index is 880. The second-order valence-corrected chi connectivity index (χ2v) is 8.51.